The predicted octanol–water partition coefficient (Wildman–Crippen LogP) is 3.56. The molecule has 2 saturated heterocycles. The first-order chi connectivity index (χ1) is 8.78. The Balaban J connectivity index is 1.81. The molecule has 2 aliphatic rings. The summed E-state index contributed by atoms with van der Waals surface area (Å²) in [6.07, 6.45) is 4.64. The van der Waals surface area contributed by atoms with Gasteiger partial charge in [-0.15, -0.1) is 0 Å². The summed E-state index contributed by atoms with van der Waals surface area (Å²) in [7, 11) is 0. The molecule has 2 fully saturated rings. The highest BCUT2D eigenvalue weighted by Crippen LogP contribution is 2.44. The molecule has 0 amide bonds. The third-order valence-electron chi connectivity index (χ3n) is 4.23. The molecule has 0 radical (unpaired) electrons. The second-order valence-electron chi connectivity index (χ2n) is 5.36. The van der Waals surface area contributed by atoms with Crippen LogP contribution in [0.1, 0.15) is 37.8 Å². The lowest BCUT2D eigenvalue weighted by Crippen LogP contribution is -2.33. The van der Waals surface area contributed by atoms with Gasteiger partial charge in [0, 0.05) is 17.0 Å². The van der Waals surface area contributed by atoms with Gasteiger partial charge in [0.1, 0.15) is 0 Å². The van der Waals surface area contributed by atoms with Crippen molar-refractivity contribution >= 4 is 11.6 Å². The van der Waals surface area contributed by atoms with E-state index in [1.54, 1.807) is 0 Å². The van der Waals surface area contributed by atoms with Gasteiger partial charge >= 0.3 is 0 Å². The summed E-state index contributed by atoms with van der Waals surface area (Å²) in [6, 6.07) is 8.65. The Kier molecular flexibility index (Phi) is 3.60. The van der Waals surface area contributed by atoms with E-state index in [2.05, 4.69) is 24.4 Å². The van der Waals surface area contributed by atoms with E-state index >= 15 is 0 Å². The van der Waals surface area contributed by atoms with Gasteiger partial charge in [0.15, 0.2) is 0 Å². The average Bonchev–Trinajstić information content (AvgIpc) is 2.99. The van der Waals surface area contributed by atoms with Crippen LogP contribution in [0.4, 0.5) is 0 Å². The Hall–Kier alpha value is -0.570. The molecule has 3 heteroatoms. The lowest BCUT2D eigenvalue weighted by Gasteiger charge is -2.29. The summed E-state index contributed by atoms with van der Waals surface area (Å²) in [5.74, 6) is 0.616. The largest absolute Gasteiger partial charge is 0.375 e. The molecule has 0 saturated carbocycles. The van der Waals surface area contributed by atoms with Crippen molar-refractivity contribution in [3.63, 3.8) is 0 Å². The molecule has 1 N–H and O–H groups in total. The maximum absolute atomic E-state index is 5.99. The summed E-state index contributed by atoms with van der Waals surface area (Å²) in [6.45, 7) is 3.15. The lowest BCUT2D eigenvalue weighted by molar-refractivity contribution is 0.0858. The van der Waals surface area contributed by atoms with Gasteiger partial charge in [-0.2, -0.15) is 0 Å². The van der Waals surface area contributed by atoms with Crippen molar-refractivity contribution in [3.05, 3.63) is 34.9 Å². The second-order valence-corrected chi connectivity index (χ2v) is 5.80. The molecule has 18 heavy (non-hydrogen) atoms. The minimum atomic E-state index is 0.405. The van der Waals surface area contributed by atoms with Crippen LogP contribution < -0.4 is 5.32 Å². The molecule has 2 heterocycles. The minimum absolute atomic E-state index is 0.405. The third kappa shape index (κ3) is 2.29. The van der Waals surface area contributed by atoms with Gasteiger partial charge in [-0.05, 0) is 43.5 Å². The summed E-state index contributed by atoms with van der Waals surface area (Å²) in [5.41, 5.74) is 1.34. The first kappa shape index (κ1) is 12.5. The first-order valence-electron chi connectivity index (χ1n) is 6.92. The fourth-order valence-corrected chi connectivity index (χ4v) is 3.56. The monoisotopic (exact) mass is 265 g/mol. The van der Waals surface area contributed by atoms with Crippen molar-refractivity contribution < 1.29 is 4.74 Å². The zero-order valence-electron chi connectivity index (χ0n) is 10.7. The van der Waals surface area contributed by atoms with Crippen LogP contribution in [0.5, 0.6) is 0 Å². The van der Waals surface area contributed by atoms with E-state index in [1.807, 2.05) is 12.1 Å². The number of nitrogens with one attached hydrogen (secondary N) is 1. The molecule has 98 valence electrons. The van der Waals surface area contributed by atoms with Crippen LogP contribution in [-0.2, 0) is 4.74 Å². The Morgan fingerprint density at radius 2 is 2.11 bits per heavy atom. The molecule has 0 aliphatic carbocycles. The van der Waals surface area contributed by atoms with Crippen molar-refractivity contribution in [2.75, 3.05) is 6.54 Å². The van der Waals surface area contributed by atoms with Crippen LogP contribution in [0.2, 0.25) is 5.02 Å². The highest BCUT2D eigenvalue weighted by Gasteiger charge is 2.44. The van der Waals surface area contributed by atoms with Crippen LogP contribution in [0.15, 0.2) is 24.3 Å². The number of benzene rings is 1. The summed E-state index contributed by atoms with van der Waals surface area (Å²) in [5, 5.41) is 4.43. The SMILES string of the molecule is CCNC(c1ccc(Cl)cc1)C1CC2CCC1O2. The number of rotatable bonds is 4. The number of ether oxygens (including phenoxy) is 1. The van der Waals surface area contributed by atoms with E-state index in [0.29, 0.717) is 24.2 Å². The van der Waals surface area contributed by atoms with Crippen molar-refractivity contribution in [2.45, 2.75) is 44.4 Å². The molecule has 4 unspecified atom stereocenters. The Morgan fingerprint density at radius 1 is 1.33 bits per heavy atom. The summed E-state index contributed by atoms with van der Waals surface area (Å²) < 4.78 is 5.99. The Labute approximate surface area is 114 Å². The van der Waals surface area contributed by atoms with Gasteiger partial charge in [0.05, 0.1) is 12.2 Å². The molecule has 2 nitrogen and oxygen atoms in total. The fourth-order valence-electron chi connectivity index (χ4n) is 3.43. The van der Waals surface area contributed by atoms with Crippen LogP contribution in [0.3, 0.4) is 0 Å². The predicted molar refractivity (Wildman–Crippen MR) is 73.9 cm³/mol. The van der Waals surface area contributed by atoms with E-state index in [0.717, 1.165) is 11.6 Å². The zero-order valence-corrected chi connectivity index (χ0v) is 11.5. The molecular weight excluding hydrogens is 246 g/mol. The molecule has 1 aromatic carbocycles. The van der Waals surface area contributed by atoms with E-state index < -0.39 is 0 Å². The molecular formula is C15H20ClNO. The summed E-state index contributed by atoms with van der Waals surface area (Å²) >= 11 is 5.97. The van der Waals surface area contributed by atoms with Gasteiger partial charge < -0.3 is 10.1 Å². The highest BCUT2D eigenvalue weighted by molar-refractivity contribution is 6.30. The van der Waals surface area contributed by atoms with E-state index in [-0.39, 0.29) is 0 Å². The van der Waals surface area contributed by atoms with Gasteiger partial charge in [-0.25, -0.2) is 0 Å². The molecule has 4 atom stereocenters. The molecule has 3 rings (SSSR count). The molecule has 1 aromatic rings. The van der Waals surface area contributed by atoms with Crippen LogP contribution in [0, 0.1) is 5.92 Å². The quantitative estimate of drug-likeness (QED) is 0.899. The van der Waals surface area contributed by atoms with Crippen LogP contribution >= 0.6 is 11.6 Å². The highest BCUT2D eigenvalue weighted by atomic mass is 35.5. The van der Waals surface area contributed by atoms with Crippen LogP contribution in [0.25, 0.3) is 0 Å². The maximum atomic E-state index is 5.99. The van der Waals surface area contributed by atoms with Crippen molar-refractivity contribution in [1.82, 2.24) is 5.32 Å². The van der Waals surface area contributed by atoms with Gasteiger partial charge in [-0.1, -0.05) is 30.7 Å². The smallest absolute Gasteiger partial charge is 0.0627 e. The van der Waals surface area contributed by atoms with Crippen LogP contribution in [-0.4, -0.2) is 18.8 Å². The van der Waals surface area contributed by atoms with Crippen molar-refractivity contribution in [3.8, 4) is 0 Å². The average molecular weight is 266 g/mol. The Morgan fingerprint density at radius 3 is 2.67 bits per heavy atom. The fraction of sp³-hybridized carbons (Fsp3) is 0.600. The van der Waals surface area contributed by atoms with E-state index in [1.165, 1.54) is 24.8 Å². The standard InChI is InChI=1S/C15H20ClNO/c1-2-17-15(10-3-5-11(16)6-4-10)13-9-12-7-8-14(13)18-12/h3-6,12-15,17H,2,7-9H2,1H3. The number of hydrogen-bond acceptors (Lipinski definition) is 2. The minimum Gasteiger partial charge on any atom is -0.375 e. The molecule has 0 aromatic heterocycles. The van der Waals surface area contributed by atoms with Crippen molar-refractivity contribution in [2.24, 2.45) is 5.92 Å². The number of fused-ring (bicyclic) bond motifs is 2. The van der Waals surface area contributed by atoms with Gasteiger partial charge in [0.25, 0.3) is 0 Å². The van der Waals surface area contributed by atoms with Gasteiger partial charge in [-0.3, -0.25) is 0 Å². The Bertz CT molecular complexity index is 405. The molecule has 2 bridgehead atoms. The van der Waals surface area contributed by atoms with E-state index in [9.17, 15) is 0 Å². The van der Waals surface area contributed by atoms with Crippen molar-refractivity contribution in [1.29, 1.82) is 0 Å². The molecule has 2 aliphatic heterocycles. The number of hydrogen-bond donors (Lipinski definition) is 1. The topological polar surface area (TPSA) is 21.3 Å². The van der Waals surface area contributed by atoms with Gasteiger partial charge in [0.2, 0.25) is 0 Å². The lowest BCUT2D eigenvalue weighted by atomic mass is 9.81. The maximum Gasteiger partial charge on any atom is 0.0627 e. The normalized spacial score (nSPS) is 31.8. The zero-order chi connectivity index (χ0) is 12.5. The van der Waals surface area contributed by atoms with E-state index in [4.69, 9.17) is 16.3 Å². The summed E-state index contributed by atoms with van der Waals surface area (Å²) in [4.78, 5) is 0. The second kappa shape index (κ2) is 5.20. The molecule has 0 spiro atoms. The number of halogens is 1. The first-order valence-corrected chi connectivity index (χ1v) is 7.30. The third-order valence-corrected chi connectivity index (χ3v) is 4.49.